The summed E-state index contributed by atoms with van der Waals surface area (Å²) in [5.41, 5.74) is 6.02. The van der Waals surface area contributed by atoms with Crippen molar-refractivity contribution in [3.05, 3.63) is 36.3 Å². The molecule has 0 spiro atoms. The largest absolute Gasteiger partial charge is 0.506 e. The first-order chi connectivity index (χ1) is 4.74. The third-order valence-electron chi connectivity index (χ3n) is 1.59. The maximum atomic E-state index is 9.02. The van der Waals surface area contributed by atoms with Gasteiger partial charge in [0, 0.05) is 12.3 Å². The molecule has 0 radical (unpaired) electrons. The molecule has 10 heavy (non-hydrogen) atoms. The van der Waals surface area contributed by atoms with Crippen LogP contribution in [0.5, 0.6) is 0 Å². The van der Waals surface area contributed by atoms with Crippen LogP contribution in [0.4, 0.5) is 0 Å². The van der Waals surface area contributed by atoms with E-state index in [-0.39, 0.29) is 11.7 Å². The van der Waals surface area contributed by atoms with E-state index in [1.54, 1.807) is 6.08 Å². The van der Waals surface area contributed by atoms with E-state index in [9.17, 15) is 0 Å². The molecule has 1 aliphatic rings. The zero-order valence-corrected chi connectivity index (χ0v) is 5.75. The van der Waals surface area contributed by atoms with Crippen LogP contribution < -0.4 is 5.73 Å². The molecule has 0 aromatic carbocycles. The van der Waals surface area contributed by atoms with Crippen molar-refractivity contribution in [2.75, 3.05) is 0 Å². The second-order valence-corrected chi connectivity index (χ2v) is 2.37. The average molecular weight is 137 g/mol. The van der Waals surface area contributed by atoms with Gasteiger partial charge >= 0.3 is 0 Å². The third-order valence-corrected chi connectivity index (χ3v) is 1.59. The molecule has 0 aromatic heterocycles. The molecule has 1 unspecified atom stereocenters. The summed E-state index contributed by atoms with van der Waals surface area (Å²) in [5.74, 6) is 0.481. The second-order valence-electron chi connectivity index (χ2n) is 2.37. The number of rotatable bonds is 1. The van der Waals surface area contributed by atoms with Gasteiger partial charge in [-0.25, -0.2) is 0 Å². The van der Waals surface area contributed by atoms with Crippen LogP contribution in [0.15, 0.2) is 36.3 Å². The number of aliphatic hydroxyl groups excluding tert-OH is 1. The SMILES string of the molecule is C=CC1C=CC(O)=C(N)C1. The van der Waals surface area contributed by atoms with Crippen LogP contribution in [0.25, 0.3) is 0 Å². The Labute approximate surface area is 60.4 Å². The Morgan fingerprint density at radius 2 is 2.50 bits per heavy atom. The van der Waals surface area contributed by atoms with Gasteiger partial charge in [-0.3, -0.25) is 0 Å². The second kappa shape index (κ2) is 2.60. The summed E-state index contributed by atoms with van der Waals surface area (Å²) in [6.07, 6.45) is 6.01. The minimum atomic E-state index is 0.193. The van der Waals surface area contributed by atoms with Crippen molar-refractivity contribution in [2.45, 2.75) is 6.42 Å². The fourth-order valence-corrected chi connectivity index (χ4v) is 0.910. The van der Waals surface area contributed by atoms with E-state index >= 15 is 0 Å². The number of aliphatic hydroxyl groups is 1. The number of hydrogen-bond acceptors (Lipinski definition) is 2. The highest BCUT2D eigenvalue weighted by molar-refractivity contribution is 5.24. The molecule has 1 atom stereocenters. The molecule has 1 rings (SSSR count). The van der Waals surface area contributed by atoms with Crippen LogP contribution in [0.1, 0.15) is 6.42 Å². The molecule has 0 heterocycles. The highest BCUT2D eigenvalue weighted by atomic mass is 16.3. The molecular formula is C8H11NO. The van der Waals surface area contributed by atoms with Crippen molar-refractivity contribution in [3.63, 3.8) is 0 Å². The predicted molar refractivity (Wildman–Crippen MR) is 41.3 cm³/mol. The summed E-state index contributed by atoms with van der Waals surface area (Å²) in [7, 11) is 0. The molecule has 0 aliphatic heterocycles. The summed E-state index contributed by atoms with van der Waals surface area (Å²) in [5, 5.41) is 9.02. The molecular weight excluding hydrogens is 126 g/mol. The zero-order valence-electron chi connectivity index (χ0n) is 5.75. The van der Waals surface area contributed by atoms with Crippen LogP contribution in [0.3, 0.4) is 0 Å². The van der Waals surface area contributed by atoms with Crippen LogP contribution in [0, 0.1) is 5.92 Å². The first kappa shape index (κ1) is 6.93. The highest BCUT2D eigenvalue weighted by Gasteiger charge is 2.09. The Kier molecular flexibility index (Phi) is 1.81. The van der Waals surface area contributed by atoms with Gasteiger partial charge in [0.2, 0.25) is 0 Å². The molecule has 0 aromatic rings. The minimum absolute atomic E-state index is 0.193. The molecule has 2 nitrogen and oxygen atoms in total. The minimum Gasteiger partial charge on any atom is -0.506 e. The van der Waals surface area contributed by atoms with Crippen LogP contribution in [-0.2, 0) is 0 Å². The molecule has 0 saturated heterocycles. The van der Waals surface area contributed by atoms with E-state index in [0.29, 0.717) is 12.1 Å². The standard InChI is InChI=1S/C8H11NO/c1-2-6-3-4-8(10)7(9)5-6/h2-4,6,10H,1,5,9H2. The van der Waals surface area contributed by atoms with Crippen molar-refractivity contribution in [1.82, 2.24) is 0 Å². The molecule has 54 valence electrons. The van der Waals surface area contributed by atoms with Crippen molar-refractivity contribution < 1.29 is 5.11 Å². The smallest absolute Gasteiger partial charge is 0.133 e. The van der Waals surface area contributed by atoms with Crippen LogP contribution in [-0.4, -0.2) is 5.11 Å². The average Bonchev–Trinajstić information content (AvgIpc) is 1.95. The Bertz CT molecular complexity index is 203. The molecule has 0 amide bonds. The summed E-state index contributed by atoms with van der Waals surface area (Å²) >= 11 is 0. The van der Waals surface area contributed by atoms with E-state index in [1.165, 1.54) is 0 Å². The van der Waals surface area contributed by atoms with Gasteiger partial charge in [-0.2, -0.15) is 0 Å². The van der Waals surface area contributed by atoms with Crippen LogP contribution in [0.2, 0.25) is 0 Å². The fraction of sp³-hybridized carbons (Fsp3) is 0.250. The highest BCUT2D eigenvalue weighted by Crippen LogP contribution is 2.18. The van der Waals surface area contributed by atoms with E-state index in [0.717, 1.165) is 0 Å². The lowest BCUT2D eigenvalue weighted by Crippen LogP contribution is -2.09. The van der Waals surface area contributed by atoms with Gasteiger partial charge in [0.1, 0.15) is 5.76 Å². The maximum absolute atomic E-state index is 9.02. The van der Waals surface area contributed by atoms with E-state index in [1.807, 2.05) is 12.2 Å². The van der Waals surface area contributed by atoms with Gasteiger partial charge in [-0.05, 0) is 6.08 Å². The van der Waals surface area contributed by atoms with Crippen LogP contribution >= 0.6 is 0 Å². The molecule has 0 saturated carbocycles. The van der Waals surface area contributed by atoms with Crippen molar-refractivity contribution >= 4 is 0 Å². The van der Waals surface area contributed by atoms with Gasteiger partial charge in [-0.15, -0.1) is 6.58 Å². The summed E-state index contributed by atoms with van der Waals surface area (Å²) in [4.78, 5) is 0. The summed E-state index contributed by atoms with van der Waals surface area (Å²) < 4.78 is 0. The van der Waals surface area contributed by atoms with Crippen molar-refractivity contribution in [2.24, 2.45) is 11.7 Å². The Morgan fingerprint density at radius 3 is 3.00 bits per heavy atom. The van der Waals surface area contributed by atoms with Crippen molar-refractivity contribution in [3.8, 4) is 0 Å². The third kappa shape index (κ3) is 1.21. The zero-order chi connectivity index (χ0) is 7.56. The van der Waals surface area contributed by atoms with Gasteiger partial charge in [0.15, 0.2) is 0 Å². The molecule has 1 aliphatic carbocycles. The van der Waals surface area contributed by atoms with E-state index in [4.69, 9.17) is 10.8 Å². The van der Waals surface area contributed by atoms with Gasteiger partial charge in [-0.1, -0.05) is 12.2 Å². The number of nitrogens with two attached hydrogens (primary N) is 1. The number of hydrogen-bond donors (Lipinski definition) is 2. The number of allylic oxidation sites excluding steroid dienone is 4. The quantitative estimate of drug-likeness (QED) is 0.538. The Balaban J connectivity index is 2.73. The molecule has 3 N–H and O–H groups in total. The predicted octanol–water partition coefficient (Wildman–Crippen LogP) is 1.48. The van der Waals surface area contributed by atoms with Gasteiger partial charge < -0.3 is 10.8 Å². The maximum Gasteiger partial charge on any atom is 0.133 e. The summed E-state index contributed by atoms with van der Waals surface area (Å²) in [6, 6.07) is 0. The molecule has 0 fully saturated rings. The fourth-order valence-electron chi connectivity index (χ4n) is 0.910. The first-order valence-electron chi connectivity index (χ1n) is 3.22. The summed E-state index contributed by atoms with van der Waals surface area (Å²) in [6.45, 7) is 3.63. The topological polar surface area (TPSA) is 46.2 Å². The lowest BCUT2D eigenvalue weighted by Gasteiger charge is -2.12. The van der Waals surface area contributed by atoms with Gasteiger partial charge in [0.05, 0.1) is 5.70 Å². The molecule has 2 heteroatoms. The van der Waals surface area contributed by atoms with E-state index < -0.39 is 0 Å². The van der Waals surface area contributed by atoms with E-state index in [2.05, 4.69) is 6.58 Å². The van der Waals surface area contributed by atoms with Gasteiger partial charge in [0.25, 0.3) is 0 Å². The Hall–Kier alpha value is -1.18. The lowest BCUT2D eigenvalue weighted by atomic mass is 9.98. The monoisotopic (exact) mass is 137 g/mol. The van der Waals surface area contributed by atoms with Crippen molar-refractivity contribution in [1.29, 1.82) is 0 Å². The lowest BCUT2D eigenvalue weighted by molar-refractivity contribution is 0.414. The molecule has 0 bridgehead atoms. The Morgan fingerprint density at radius 1 is 1.80 bits per heavy atom. The normalized spacial score (nSPS) is 25.0. The first-order valence-corrected chi connectivity index (χ1v) is 3.22.